The Kier molecular flexibility index (Phi) is 5.42. The van der Waals surface area contributed by atoms with E-state index in [0.717, 1.165) is 61.7 Å². The highest BCUT2D eigenvalue weighted by Gasteiger charge is 2.39. The monoisotopic (exact) mass is 585 g/mol. The van der Waals surface area contributed by atoms with E-state index in [4.69, 9.17) is 4.98 Å². The summed E-state index contributed by atoms with van der Waals surface area (Å²) in [5.74, 6) is 0.983. The van der Waals surface area contributed by atoms with E-state index in [9.17, 15) is 0 Å². The van der Waals surface area contributed by atoms with E-state index < -0.39 is 7.14 Å². The summed E-state index contributed by atoms with van der Waals surface area (Å²) in [6.07, 6.45) is 0.787. The van der Waals surface area contributed by atoms with Crippen molar-refractivity contribution in [3.05, 3.63) is 145 Å². The van der Waals surface area contributed by atoms with Crippen LogP contribution in [0.15, 0.2) is 140 Å². The Hall–Kier alpha value is -5.18. The lowest BCUT2D eigenvalue weighted by Crippen LogP contribution is -2.33. The van der Waals surface area contributed by atoms with Crippen molar-refractivity contribution in [2.45, 2.75) is 13.3 Å². The SMILES string of the molecule is CCc1nc2cccc3c2n1-c1ccc(-c2ccc(-n4c5ccccc5c5ccccc54)cc2)cc1P3(=O)c1ccccc1. The highest BCUT2D eigenvalue weighted by molar-refractivity contribution is 7.86. The lowest BCUT2D eigenvalue weighted by molar-refractivity contribution is 0.592. The maximum Gasteiger partial charge on any atom is 0.175 e. The molecular weight excluding hydrogens is 557 g/mol. The minimum atomic E-state index is -3.18. The van der Waals surface area contributed by atoms with Crippen molar-refractivity contribution in [2.24, 2.45) is 0 Å². The van der Waals surface area contributed by atoms with Crippen LogP contribution in [0.2, 0.25) is 0 Å². The maximum absolute atomic E-state index is 15.6. The Balaban J connectivity index is 1.24. The molecule has 6 aromatic carbocycles. The first-order chi connectivity index (χ1) is 21.7. The topological polar surface area (TPSA) is 39.8 Å². The number of para-hydroxylation sites is 3. The Morgan fingerprint density at radius 1 is 0.614 bits per heavy atom. The van der Waals surface area contributed by atoms with E-state index in [2.05, 4.69) is 107 Å². The largest absolute Gasteiger partial charge is 0.309 e. The van der Waals surface area contributed by atoms with E-state index in [1.165, 1.54) is 21.8 Å². The number of rotatable bonds is 4. The molecule has 0 saturated carbocycles. The predicted molar refractivity (Wildman–Crippen MR) is 183 cm³/mol. The van der Waals surface area contributed by atoms with Crippen molar-refractivity contribution < 1.29 is 4.57 Å². The lowest BCUT2D eigenvalue weighted by Gasteiger charge is -2.29. The molecule has 0 N–H and O–H groups in total. The van der Waals surface area contributed by atoms with Crippen LogP contribution in [0.25, 0.3) is 55.3 Å². The molecule has 0 aliphatic carbocycles. The van der Waals surface area contributed by atoms with Gasteiger partial charge in [-0.2, -0.15) is 0 Å². The highest BCUT2D eigenvalue weighted by atomic mass is 31.2. The van der Waals surface area contributed by atoms with Crippen LogP contribution in [0, 0.1) is 0 Å². The molecule has 1 aliphatic heterocycles. The molecule has 0 radical (unpaired) electrons. The molecule has 0 spiro atoms. The number of aromatic nitrogens is 3. The van der Waals surface area contributed by atoms with Gasteiger partial charge in [0, 0.05) is 38.8 Å². The van der Waals surface area contributed by atoms with Gasteiger partial charge in [0.25, 0.3) is 0 Å². The van der Waals surface area contributed by atoms with Gasteiger partial charge in [-0.3, -0.25) is 4.57 Å². The van der Waals surface area contributed by atoms with Crippen LogP contribution in [0.1, 0.15) is 12.7 Å². The third kappa shape index (κ3) is 3.40. The molecule has 4 nitrogen and oxygen atoms in total. The fourth-order valence-corrected chi connectivity index (χ4v) is 10.1. The minimum absolute atomic E-state index is 0.787. The Morgan fingerprint density at radius 3 is 1.98 bits per heavy atom. The standard InChI is InChI=1S/C39H28N3OP/c1-2-38-40-32-15-10-18-36-39(32)42(38)35-24-21-27(25-37(35)44(36,43)29-11-4-3-5-12-29)26-19-22-28(23-20-26)41-33-16-8-6-13-30(33)31-14-7-9-17-34(31)41/h3-25H,2H2,1H3. The first-order valence-electron chi connectivity index (χ1n) is 15.1. The van der Waals surface area contributed by atoms with Crippen LogP contribution < -0.4 is 15.9 Å². The molecule has 0 bridgehead atoms. The summed E-state index contributed by atoms with van der Waals surface area (Å²) < 4.78 is 20.1. The van der Waals surface area contributed by atoms with Gasteiger partial charge in [0.15, 0.2) is 7.14 Å². The number of nitrogens with zero attached hydrogens (tertiary/aromatic N) is 3. The lowest BCUT2D eigenvalue weighted by atomic mass is 10.0. The zero-order valence-electron chi connectivity index (χ0n) is 24.2. The van der Waals surface area contributed by atoms with Crippen LogP contribution in [-0.2, 0) is 11.0 Å². The molecule has 0 amide bonds. The van der Waals surface area contributed by atoms with Crippen molar-refractivity contribution in [3.63, 3.8) is 0 Å². The number of benzene rings is 6. The van der Waals surface area contributed by atoms with Crippen molar-refractivity contribution in [3.8, 4) is 22.5 Å². The van der Waals surface area contributed by atoms with Crippen molar-refractivity contribution >= 4 is 55.9 Å². The Labute approximate surface area is 255 Å². The smallest absolute Gasteiger partial charge is 0.175 e. The van der Waals surface area contributed by atoms with Gasteiger partial charge in [-0.05, 0) is 59.7 Å². The van der Waals surface area contributed by atoms with E-state index in [0.29, 0.717) is 0 Å². The quantitative estimate of drug-likeness (QED) is 0.195. The molecule has 210 valence electrons. The summed E-state index contributed by atoms with van der Waals surface area (Å²) in [6.45, 7) is 2.13. The normalized spacial score (nSPS) is 15.7. The minimum Gasteiger partial charge on any atom is -0.309 e. The van der Waals surface area contributed by atoms with Gasteiger partial charge >= 0.3 is 0 Å². The zero-order valence-corrected chi connectivity index (χ0v) is 25.1. The van der Waals surface area contributed by atoms with Crippen LogP contribution >= 0.6 is 7.14 Å². The fourth-order valence-electron chi connectivity index (χ4n) is 7.10. The molecule has 5 heteroatoms. The van der Waals surface area contributed by atoms with Gasteiger partial charge in [0.2, 0.25) is 0 Å². The first-order valence-corrected chi connectivity index (χ1v) is 16.8. The summed E-state index contributed by atoms with van der Waals surface area (Å²) in [4.78, 5) is 4.96. The summed E-state index contributed by atoms with van der Waals surface area (Å²) in [6, 6.07) is 48.3. The summed E-state index contributed by atoms with van der Waals surface area (Å²) >= 11 is 0. The Bertz CT molecular complexity index is 2400. The molecule has 1 aliphatic rings. The molecular formula is C39H28N3OP. The molecule has 3 heterocycles. The van der Waals surface area contributed by atoms with Crippen LogP contribution in [0.4, 0.5) is 0 Å². The second-order valence-corrected chi connectivity index (χ2v) is 14.1. The molecule has 1 atom stereocenters. The van der Waals surface area contributed by atoms with Crippen LogP contribution in [0.3, 0.4) is 0 Å². The number of imidazole rings is 1. The molecule has 0 saturated heterocycles. The van der Waals surface area contributed by atoms with Gasteiger partial charge in [0.05, 0.1) is 27.8 Å². The van der Waals surface area contributed by atoms with E-state index in [-0.39, 0.29) is 0 Å². The van der Waals surface area contributed by atoms with E-state index >= 15 is 4.57 Å². The summed E-state index contributed by atoms with van der Waals surface area (Å²) in [7, 11) is -3.18. The van der Waals surface area contributed by atoms with E-state index in [1.54, 1.807) is 0 Å². The number of aryl methyl sites for hydroxylation is 1. The van der Waals surface area contributed by atoms with Gasteiger partial charge in [-0.15, -0.1) is 0 Å². The maximum atomic E-state index is 15.6. The summed E-state index contributed by atoms with van der Waals surface area (Å²) in [5.41, 5.74) is 8.44. The number of fused-ring (bicyclic) bond motifs is 5. The molecule has 44 heavy (non-hydrogen) atoms. The van der Waals surface area contributed by atoms with Gasteiger partial charge in [-0.25, -0.2) is 4.98 Å². The third-order valence-electron chi connectivity index (χ3n) is 9.09. The van der Waals surface area contributed by atoms with Crippen LogP contribution in [0.5, 0.6) is 0 Å². The fraction of sp³-hybridized carbons (Fsp3) is 0.0513. The van der Waals surface area contributed by atoms with E-state index in [1.807, 2.05) is 48.5 Å². The van der Waals surface area contributed by atoms with Crippen molar-refractivity contribution in [1.82, 2.24) is 14.1 Å². The molecule has 8 aromatic rings. The average molecular weight is 586 g/mol. The molecule has 0 fully saturated rings. The summed E-state index contributed by atoms with van der Waals surface area (Å²) in [5, 5.41) is 5.07. The predicted octanol–water partition coefficient (Wildman–Crippen LogP) is 8.30. The molecule has 1 unspecified atom stereocenters. The van der Waals surface area contributed by atoms with Crippen molar-refractivity contribution in [1.29, 1.82) is 0 Å². The highest BCUT2D eigenvalue weighted by Crippen LogP contribution is 2.50. The number of hydrogen-bond donors (Lipinski definition) is 0. The van der Waals surface area contributed by atoms with Gasteiger partial charge in [0.1, 0.15) is 5.82 Å². The second kappa shape index (κ2) is 9.41. The first kappa shape index (κ1) is 25.3. The van der Waals surface area contributed by atoms with Gasteiger partial charge in [-0.1, -0.05) is 97.9 Å². The Morgan fingerprint density at radius 2 is 1.27 bits per heavy atom. The zero-order chi connectivity index (χ0) is 29.4. The van der Waals surface area contributed by atoms with Crippen LogP contribution in [-0.4, -0.2) is 14.1 Å². The number of hydrogen-bond acceptors (Lipinski definition) is 2. The average Bonchev–Trinajstić information content (AvgIpc) is 3.64. The second-order valence-electron chi connectivity index (χ2n) is 11.4. The van der Waals surface area contributed by atoms with Gasteiger partial charge < -0.3 is 9.13 Å². The molecule has 9 rings (SSSR count). The third-order valence-corrected chi connectivity index (χ3v) is 12.2. The molecule has 2 aromatic heterocycles. The van der Waals surface area contributed by atoms with Crippen molar-refractivity contribution in [2.75, 3.05) is 0 Å².